The second-order valence-electron chi connectivity index (χ2n) is 8.39. The molecule has 0 radical (unpaired) electrons. The van der Waals surface area contributed by atoms with Crippen molar-refractivity contribution in [3.05, 3.63) is 29.8 Å². The molecule has 1 amide bonds. The summed E-state index contributed by atoms with van der Waals surface area (Å²) in [6.07, 6.45) is -7.39. The summed E-state index contributed by atoms with van der Waals surface area (Å²) in [5.41, 5.74) is -3.77. The van der Waals surface area contributed by atoms with E-state index in [-0.39, 0.29) is 18.6 Å². The number of aromatic hydroxyl groups is 1. The first-order valence-corrected chi connectivity index (χ1v) is 10.2. The van der Waals surface area contributed by atoms with Crippen LogP contribution < -0.4 is 5.32 Å². The number of aliphatic hydroxyl groups excluding tert-OH is 4. The molecule has 180 valence electrons. The van der Waals surface area contributed by atoms with Crippen molar-refractivity contribution in [1.82, 2.24) is 5.32 Å². The quantitative estimate of drug-likeness (QED) is 0.211. The fraction of sp³-hybridized carbons (Fsp3) is 0.619. The highest BCUT2D eigenvalue weighted by Crippen LogP contribution is 2.41. The summed E-state index contributed by atoms with van der Waals surface area (Å²) in [7, 11) is 0. The molecule has 0 saturated carbocycles. The summed E-state index contributed by atoms with van der Waals surface area (Å²) in [6, 6.07) is 4.79. The van der Waals surface area contributed by atoms with Crippen LogP contribution in [0, 0.1) is 0 Å². The lowest BCUT2D eigenvalue weighted by atomic mass is 9.72. The van der Waals surface area contributed by atoms with Crippen molar-refractivity contribution in [2.24, 2.45) is 0 Å². The van der Waals surface area contributed by atoms with Gasteiger partial charge in [-0.1, -0.05) is 12.1 Å². The number of carbonyl (C=O) groups is 2. The van der Waals surface area contributed by atoms with Gasteiger partial charge in [-0.2, -0.15) is 0 Å². The zero-order valence-electron chi connectivity index (χ0n) is 17.9. The second-order valence-corrected chi connectivity index (χ2v) is 8.39. The summed E-state index contributed by atoms with van der Waals surface area (Å²) < 4.78 is 5.69. The molecule has 2 rings (SSSR count). The summed E-state index contributed by atoms with van der Waals surface area (Å²) in [5, 5.41) is 73.3. The highest BCUT2D eigenvalue weighted by molar-refractivity contribution is 5.80. The molecule has 7 atom stereocenters. The molecule has 1 aromatic carbocycles. The first kappa shape index (κ1) is 26.0. The first-order chi connectivity index (χ1) is 14.8. The molecule has 0 spiro atoms. The van der Waals surface area contributed by atoms with E-state index >= 15 is 0 Å². The van der Waals surface area contributed by atoms with Crippen LogP contribution >= 0.6 is 0 Å². The van der Waals surface area contributed by atoms with E-state index in [4.69, 9.17) is 4.74 Å². The molecule has 0 aromatic heterocycles. The third kappa shape index (κ3) is 5.37. The predicted octanol–water partition coefficient (Wildman–Crippen LogP) is -1.73. The topological polar surface area (TPSA) is 197 Å². The monoisotopic (exact) mass is 457 g/mol. The number of carboxylic acids is 1. The van der Waals surface area contributed by atoms with Gasteiger partial charge in [-0.05, 0) is 37.5 Å². The van der Waals surface area contributed by atoms with E-state index in [0.717, 1.165) is 6.92 Å². The van der Waals surface area contributed by atoms with Gasteiger partial charge in [0, 0.05) is 13.3 Å². The van der Waals surface area contributed by atoms with Gasteiger partial charge < -0.3 is 45.8 Å². The lowest BCUT2D eigenvalue weighted by Gasteiger charge is -2.52. The van der Waals surface area contributed by atoms with E-state index in [1.54, 1.807) is 12.1 Å². The minimum atomic E-state index is -2.40. The van der Waals surface area contributed by atoms with Crippen LogP contribution in [0.4, 0.5) is 0 Å². The van der Waals surface area contributed by atoms with Crippen LogP contribution in [0.15, 0.2) is 24.3 Å². The van der Waals surface area contributed by atoms with Crippen LogP contribution in [-0.2, 0) is 20.7 Å². The lowest BCUT2D eigenvalue weighted by molar-refractivity contribution is -0.273. The Kier molecular flexibility index (Phi) is 8.21. The van der Waals surface area contributed by atoms with E-state index in [1.807, 2.05) is 0 Å². The van der Waals surface area contributed by atoms with Gasteiger partial charge in [-0.25, -0.2) is 4.79 Å². The van der Waals surface area contributed by atoms with Crippen molar-refractivity contribution in [1.29, 1.82) is 0 Å². The van der Waals surface area contributed by atoms with Gasteiger partial charge in [-0.3, -0.25) is 4.79 Å². The lowest BCUT2D eigenvalue weighted by Crippen LogP contribution is -2.72. The van der Waals surface area contributed by atoms with Crippen molar-refractivity contribution < 1.29 is 50.1 Å². The number of carbonyl (C=O) groups excluding carboxylic acids is 1. The predicted molar refractivity (Wildman–Crippen MR) is 110 cm³/mol. The number of aliphatic carboxylic acids is 1. The summed E-state index contributed by atoms with van der Waals surface area (Å²) in [4.78, 5) is 23.9. The first-order valence-electron chi connectivity index (χ1n) is 10.2. The average molecular weight is 457 g/mol. The van der Waals surface area contributed by atoms with Crippen LogP contribution in [0.3, 0.4) is 0 Å². The van der Waals surface area contributed by atoms with E-state index in [9.17, 15) is 45.3 Å². The molecule has 1 aliphatic rings. The smallest absolute Gasteiger partial charge is 0.339 e. The van der Waals surface area contributed by atoms with Crippen molar-refractivity contribution >= 4 is 11.9 Å². The third-order valence-electron chi connectivity index (χ3n) is 5.94. The maximum Gasteiger partial charge on any atom is 0.339 e. The molecule has 1 unspecified atom stereocenters. The van der Waals surface area contributed by atoms with Crippen LogP contribution in [-0.4, -0.2) is 95.9 Å². The van der Waals surface area contributed by atoms with Gasteiger partial charge in [0.05, 0.1) is 18.8 Å². The number of hydrogen-bond acceptors (Lipinski definition) is 9. The molecule has 1 fully saturated rings. The molecule has 1 aromatic rings. The molecule has 8 N–H and O–H groups in total. The number of phenolic OH excluding ortho intramolecular Hbond substituents is 1. The third-order valence-corrected chi connectivity index (χ3v) is 5.94. The second kappa shape index (κ2) is 10.1. The van der Waals surface area contributed by atoms with Crippen LogP contribution in [0.25, 0.3) is 0 Å². The Balaban J connectivity index is 2.39. The summed E-state index contributed by atoms with van der Waals surface area (Å²) in [5.74, 6) is -2.16. The standard InChI is InChI=1S/C21H31NO10/c1-11(24)22-16-14(26)9-21(19(29)30,32-18(16)17(28)15(27)10-23)20(2,31)8-7-12-3-5-13(25)6-4-12/h3-6,14-18,23,25-28,31H,7-10H2,1-2H3,(H,22,24)(H,29,30)/t14-,15+,16+,17+,18+,20?,21+/m0/s1. The van der Waals surface area contributed by atoms with Crippen LogP contribution in [0.5, 0.6) is 5.75 Å². The number of amides is 1. The number of benzene rings is 1. The Morgan fingerprint density at radius 3 is 2.38 bits per heavy atom. The molecular formula is C21H31NO10. The Morgan fingerprint density at radius 1 is 1.28 bits per heavy atom. The van der Waals surface area contributed by atoms with E-state index in [2.05, 4.69) is 5.32 Å². The highest BCUT2D eigenvalue weighted by atomic mass is 16.6. The van der Waals surface area contributed by atoms with Gasteiger partial charge in [0.15, 0.2) is 5.60 Å². The molecule has 1 heterocycles. The van der Waals surface area contributed by atoms with E-state index in [1.165, 1.54) is 19.1 Å². The summed E-state index contributed by atoms with van der Waals surface area (Å²) >= 11 is 0. The normalized spacial score (nSPS) is 29.5. The Bertz CT molecular complexity index is 798. The number of aryl methyl sites for hydroxylation is 1. The SMILES string of the molecule is CC(=O)N[C@H]1[C@H]([C@H](O)[C@H](O)CO)O[C@](C(=O)O)(C(C)(O)CCc2ccc(O)cc2)C[C@@H]1O. The number of nitrogens with one attached hydrogen (secondary N) is 1. The number of phenols is 1. The van der Waals surface area contributed by atoms with Gasteiger partial charge in [0.2, 0.25) is 5.91 Å². The van der Waals surface area contributed by atoms with Crippen LogP contribution in [0.2, 0.25) is 0 Å². The molecular weight excluding hydrogens is 426 g/mol. The molecule has 0 aliphatic carbocycles. The Hall–Kier alpha value is -2.28. The average Bonchev–Trinajstić information content (AvgIpc) is 2.72. The number of carboxylic acid groups (broad SMARTS) is 1. The molecule has 11 heteroatoms. The zero-order valence-corrected chi connectivity index (χ0v) is 17.9. The number of ether oxygens (including phenoxy) is 1. The molecule has 32 heavy (non-hydrogen) atoms. The molecule has 0 bridgehead atoms. The van der Waals surface area contributed by atoms with E-state index < -0.39 is 66.6 Å². The van der Waals surface area contributed by atoms with Crippen molar-refractivity contribution in [3.8, 4) is 5.75 Å². The maximum absolute atomic E-state index is 12.4. The van der Waals surface area contributed by atoms with Crippen molar-refractivity contribution in [3.63, 3.8) is 0 Å². The van der Waals surface area contributed by atoms with E-state index in [0.29, 0.717) is 5.56 Å². The summed E-state index contributed by atoms with van der Waals surface area (Å²) in [6.45, 7) is 1.48. The van der Waals surface area contributed by atoms with Gasteiger partial charge in [0.25, 0.3) is 0 Å². The highest BCUT2D eigenvalue weighted by Gasteiger charge is 2.62. The minimum absolute atomic E-state index is 0.0459. The number of rotatable bonds is 9. The Morgan fingerprint density at radius 2 is 1.88 bits per heavy atom. The largest absolute Gasteiger partial charge is 0.508 e. The van der Waals surface area contributed by atoms with Gasteiger partial charge in [0.1, 0.15) is 29.7 Å². The van der Waals surface area contributed by atoms with Gasteiger partial charge in [-0.15, -0.1) is 0 Å². The fourth-order valence-electron chi connectivity index (χ4n) is 3.98. The van der Waals surface area contributed by atoms with Crippen molar-refractivity contribution in [2.45, 2.75) is 74.8 Å². The van der Waals surface area contributed by atoms with Gasteiger partial charge >= 0.3 is 5.97 Å². The Labute approximate surface area is 184 Å². The molecule has 11 nitrogen and oxygen atoms in total. The zero-order chi connectivity index (χ0) is 24.3. The fourth-order valence-corrected chi connectivity index (χ4v) is 3.98. The van der Waals surface area contributed by atoms with Crippen molar-refractivity contribution in [2.75, 3.05) is 6.61 Å². The number of aliphatic hydroxyl groups is 5. The minimum Gasteiger partial charge on any atom is -0.508 e. The maximum atomic E-state index is 12.4. The number of hydrogen-bond donors (Lipinski definition) is 8. The molecule has 1 saturated heterocycles. The van der Waals surface area contributed by atoms with Crippen LogP contribution in [0.1, 0.15) is 32.3 Å². The molecule has 1 aliphatic heterocycles.